The van der Waals surface area contributed by atoms with Crippen LogP contribution in [0.3, 0.4) is 0 Å². The summed E-state index contributed by atoms with van der Waals surface area (Å²) in [4.78, 5) is 11.5. The van der Waals surface area contributed by atoms with Crippen molar-refractivity contribution in [3.8, 4) is 0 Å². The van der Waals surface area contributed by atoms with E-state index in [0.29, 0.717) is 13.0 Å². The molecule has 1 aliphatic heterocycles. The van der Waals surface area contributed by atoms with Crippen LogP contribution in [-0.4, -0.2) is 49.5 Å². The van der Waals surface area contributed by atoms with Crippen LogP contribution < -0.4 is 10.6 Å². The van der Waals surface area contributed by atoms with Crippen LogP contribution in [0.2, 0.25) is 0 Å². The molecular formula is C10H20N2O3. The second kappa shape index (κ2) is 6.76. The van der Waals surface area contributed by atoms with Crippen molar-refractivity contribution in [1.82, 2.24) is 10.6 Å². The molecule has 1 saturated heterocycles. The first-order chi connectivity index (χ1) is 7.26. The van der Waals surface area contributed by atoms with Gasteiger partial charge < -0.3 is 20.5 Å². The van der Waals surface area contributed by atoms with E-state index in [0.717, 1.165) is 19.5 Å². The van der Waals surface area contributed by atoms with Gasteiger partial charge in [0.15, 0.2) is 0 Å². The summed E-state index contributed by atoms with van der Waals surface area (Å²) in [5, 5.41) is 14.9. The summed E-state index contributed by atoms with van der Waals surface area (Å²) >= 11 is 0. The molecule has 3 N–H and O–H groups in total. The fourth-order valence-corrected chi connectivity index (χ4v) is 1.52. The van der Waals surface area contributed by atoms with Crippen LogP contribution >= 0.6 is 0 Å². The lowest BCUT2D eigenvalue weighted by molar-refractivity contribution is -0.125. The number of aliphatic hydroxyl groups is 1. The lowest BCUT2D eigenvalue weighted by atomic mass is 10.2. The number of morpholine rings is 1. The summed E-state index contributed by atoms with van der Waals surface area (Å²) in [5.41, 5.74) is 0. The summed E-state index contributed by atoms with van der Waals surface area (Å²) in [7, 11) is 0. The number of nitrogens with one attached hydrogen (secondary N) is 2. The van der Waals surface area contributed by atoms with Gasteiger partial charge in [0.25, 0.3) is 0 Å². The van der Waals surface area contributed by atoms with E-state index in [9.17, 15) is 4.79 Å². The number of hydrogen-bond donors (Lipinski definition) is 3. The second-order valence-corrected chi connectivity index (χ2v) is 3.76. The molecule has 0 bridgehead atoms. The number of carbonyl (C=O) groups is 1. The third-order valence-electron chi connectivity index (χ3n) is 2.50. The van der Waals surface area contributed by atoms with Gasteiger partial charge in [-0.25, -0.2) is 0 Å². The molecule has 0 saturated carbocycles. The van der Waals surface area contributed by atoms with E-state index in [4.69, 9.17) is 9.84 Å². The Balaban J connectivity index is 2.21. The predicted molar refractivity (Wildman–Crippen MR) is 56.5 cm³/mol. The van der Waals surface area contributed by atoms with Crippen molar-refractivity contribution < 1.29 is 14.6 Å². The van der Waals surface area contributed by atoms with Crippen molar-refractivity contribution in [1.29, 1.82) is 0 Å². The molecular weight excluding hydrogens is 196 g/mol. The fraction of sp³-hybridized carbons (Fsp3) is 0.900. The van der Waals surface area contributed by atoms with Gasteiger partial charge in [0, 0.05) is 13.1 Å². The maximum atomic E-state index is 11.5. The van der Waals surface area contributed by atoms with Gasteiger partial charge in [-0.3, -0.25) is 4.79 Å². The maximum absolute atomic E-state index is 11.5. The molecule has 1 fully saturated rings. The zero-order valence-corrected chi connectivity index (χ0v) is 9.16. The Morgan fingerprint density at radius 3 is 3.07 bits per heavy atom. The van der Waals surface area contributed by atoms with Crippen LogP contribution in [0.25, 0.3) is 0 Å². The lowest BCUT2D eigenvalue weighted by Gasteiger charge is -2.24. The second-order valence-electron chi connectivity index (χ2n) is 3.76. The molecule has 1 amide bonds. The zero-order valence-electron chi connectivity index (χ0n) is 9.16. The van der Waals surface area contributed by atoms with Crippen LogP contribution in [0, 0.1) is 0 Å². The largest absolute Gasteiger partial charge is 0.394 e. The molecule has 5 heteroatoms. The Bertz CT molecular complexity index is 189. The molecule has 88 valence electrons. The summed E-state index contributed by atoms with van der Waals surface area (Å²) in [6.07, 6.45) is 1.07. The minimum absolute atomic E-state index is 0.00792. The van der Waals surface area contributed by atoms with E-state index >= 15 is 0 Å². The van der Waals surface area contributed by atoms with Gasteiger partial charge in [-0.05, 0) is 6.42 Å². The average Bonchev–Trinajstić information content (AvgIpc) is 2.27. The molecule has 1 heterocycles. The van der Waals surface area contributed by atoms with Gasteiger partial charge in [-0.1, -0.05) is 6.92 Å². The van der Waals surface area contributed by atoms with Gasteiger partial charge in [0.05, 0.1) is 31.8 Å². The van der Waals surface area contributed by atoms with Crippen LogP contribution in [0.5, 0.6) is 0 Å². The Labute approximate surface area is 90.2 Å². The van der Waals surface area contributed by atoms with Crippen molar-refractivity contribution in [2.75, 3.05) is 26.3 Å². The van der Waals surface area contributed by atoms with E-state index in [1.807, 2.05) is 6.92 Å². The highest BCUT2D eigenvalue weighted by Crippen LogP contribution is 2.02. The molecule has 0 aromatic rings. The first kappa shape index (κ1) is 12.4. The quantitative estimate of drug-likeness (QED) is 0.565. The normalized spacial score (nSPS) is 23.5. The Kier molecular flexibility index (Phi) is 5.60. The molecule has 0 aliphatic carbocycles. The van der Waals surface area contributed by atoms with Gasteiger partial charge in [0.2, 0.25) is 5.91 Å². The highest BCUT2D eigenvalue weighted by atomic mass is 16.5. The van der Waals surface area contributed by atoms with E-state index in [1.165, 1.54) is 0 Å². The van der Waals surface area contributed by atoms with Gasteiger partial charge in [-0.15, -0.1) is 0 Å². The van der Waals surface area contributed by atoms with Crippen molar-refractivity contribution >= 4 is 5.91 Å². The lowest BCUT2D eigenvalue weighted by Crippen LogP contribution is -2.44. The van der Waals surface area contributed by atoms with E-state index in [-0.39, 0.29) is 24.7 Å². The number of hydrogen-bond acceptors (Lipinski definition) is 4. The molecule has 0 radical (unpaired) electrons. The summed E-state index contributed by atoms with van der Waals surface area (Å²) in [6, 6.07) is -0.131. The number of amides is 1. The highest BCUT2D eigenvalue weighted by Gasteiger charge is 2.18. The molecule has 0 aromatic heterocycles. The molecule has 15 heavy (non-hydrogen) atoms. The van der Waals surface area contributed by atoms with E-state index in [2.05, 4.69) is 10.6 Å². The molecule has 2 atom stereocenters. The highest BCUT2D eigenvalue weighted by molar-refractivity contribution is 5.76. The third-order valence-corrected chi connectivity index (χ3v) is 2.50. The third kappa shape index (κ3) is 4.59. The minimum atomic E-state index is -0.131. The van der Waals surface area contributed by atoms with Crippen LogP contribution in [0.4, 0.5) is 0 Å². The number of aliphatic hydroxyl groups excluding tert-OH is 1. The predicted octanol–water partition coefficient (Wildman–Crippen LogP) is -0.748. The van der Waals surface area contributed by atoms with Crippen molar-refractivity contribution in [3.63, 3.8) is 0 Å². The van der Waals surface area contributed by atoms with Crippen LogP contribution in [0.15, 0.2) is 0 Å². The van der Waals surface area contributed by atoms with E-state index in [1.54, 1.807) is 0 Å². The van der Waals surface area contributed by atoms with Gasteiger partial charge in [0.1, 0.15) is 0 Å². The van der Waals surface area contributed by atoms with Crippen molar-refractivity contribution in [2.45, 2.75) is 31.9 Å². The summed E-state index contributed by atoms with van der Waals surface area (Å²) in [6.45, 7) is 4.16. The first-order valence-electron chi connectivity index (χ1n) is 5.48. The standard InChI is InChI=1S/C10H20N2O3/c1-2-8(7-13)12-10(14)5-9-6-11-3-4-15-9/h8-9,11,13H,2-7H2,1H3,(H,12,14)/t8-,9?/m0/s1. The Morgan fingerprint density at radius 1 is 1.73 bits per heavy atom. The molecule has 1 aliphatic rings. The topological polar surface area (TPSA) is 70.6 Å². The average molecular weight is 216 g/mol. The molecule has 1 unspecified atom stereocenters. The van der Waals surface area contributed by atoms with Crippen LogP contribution in [-0.2, 0) is 9.53 Å². The number of carbonyl (C=O) groups excluding carboxylic acids is 1. The fourth-order valence-electron chi connectivity index (χ4n) is 1.52. The van der Waals surface area contributed by atoms with Gasteiger partial charge >= 0.3 is 0 Å². The number of ether oxygens (including phenoxy) is 1. The maximum Gasteiger partial charge on any atom is 0.222 e. The number of rotatable bonds is 5. The van der Waals surface area contributed by atoms with Gasteiger partial charge in [-0.2, -0.15) is 0 Å². The molecule has 0 aromatic carbocycles. The molecule has 5 nitrogen and oxygen atoms in total. The molecule has 1 rings (SSSR count). The van der Waals surface area contributed by atoms with Crippen LogP contribution in [0.1, 0.15) is 19.8 Å². The Hall–Kier alpha value is -0.650. The first-order valence-corrected chi connectivity index (χ1v) is 5.48. The summed E-state index contributed by atoms with van der Waals surface area (Å²) in [5.74, 6) is -0.0513. The van der Waals surface area contributed by atoms with Crippen molar-refractivity contribution in [3.05, 3.63) is 0 Å². The van der Waals surface area contributed by atoms with E-state index < -0.39 is 0 Å². The SMILES string of the molecule is CC[C@@H](CO)NC(=O)CC1CNCCO1. The Morgan fingerprint density at radius 2 is 2.53 bits per heavy atom. The monoisotopic (exact) mass is 216 g/mol. The molecule has 0 spiro atoms. The van der Waals surface area contributed by atoms with Crippen molar-refractivity contribution in [2.24, 2.45) is 0 Å². The minimum Gasteiger partial charge on any atom is -0.394 e. The zero-order chi connectivity index (χ0) is 11.1. The smallest absolute Gasteiger partial charge is 0.222 e. The summed E-state index contributed by atoms with van der Waals surface area (Å²) < 4.78 is 5.41.